The van der Waals surface area contributed by atoms with Gasteiger partial charge >= 0.3 is 0 Å². The van der Waals surface area contributed by atoms with Crippen LogP contribution in [0.15, 0.2) is 18.3 Å². The fraction of sp³-hybridized carbons (Fsp3) is 0.333. The predicted octanol–water partition coefficient (Wildman–Crippen LogP) is 2.67. The maximum absolute atomic E-state index is 5.76. The molecule has 3 nitrogen and oxygen atoms in total. The second kappa shape index (κ2) is 3.00. The first-order valence-electron chi connectivity index (χ1n) is 4.18. The van der Waals surface area contributed by atoms with Gasteiger partial charge in [-0.05, 0) is 26.0 Å². The molecule has 0 unspecified atom stereocenters. The first kappa shape index (κ1) is 8.51. The number of nitrogens with zero attached hydrogens (tertiary/aromatic N) is 3. The predicted molar refractivity (Wildman–Crippen MR) is 52.9 cm³/mol. The Hall–Kier alpha value is -1.09. The van der Waals surface area contributed by atoms with E-state index in [9.17, 15) is 0 Å². The Labute approximate surface area is 81.3 Å². The van der Waals surface area contributed by atoms with E-state index in [0.29, 0.717) is 11.2 Å². The van der Waals surface area contributed by atoms with E-state index in [1.807, 2.05) is 10.7 Å². The number of fused-ring (bicyclic) bond motifs is 1. The molecule has 0 radical (unpaired) electrons. The summed E-state index contributed by atoms with van der Waals surface area (Å²) in [6.07, 6.45) is 1.74. The third-order valence-corrected chi connectivity index (χ3v) is 2.12. The van der Waals surface area contributed by atoms with Crippen LogP contribution in [0.5, 0.6) is 0 Å². The summed E-state index contributed by atoms with van der Waals surface area (Å²) in [6, 6.07) is 4.07. The molecule has 0 aliphatic rings. The van der Waals surface area contributed by atoms with Gasteiger partial charge in [-0.1, -0.05) is 11.6 Å². The summed E-state index contributed by atoms with van der Waals surface area (Å²) in [4.78, 5) is 4.16. The molecular formula is C9H10ClN3. The highest BCUT2D eigenvalue weighted by Crippen LogP contribution is 2.17. The molecule has 13 heavy (non-hydrogen) atoms. The Bertz CT molecular complexity index is 433. The molecule has 68 valence electrons. The molecule has 0 saturated heterocycles. The van der Waals surface area contributed by atoms with E-state index < -0.39 is 0 Å². The quantitative estimate of drug-likeness (QED) is 0.655. The summed E-state index contributed by atoms with van der Waals surface area (Å²) in [6.45, 7) is 4.17. The Kier molecular flexibility index (Phi) is 1.96. The Balaban J connectivity index is 2.69. The first-order chi connectivity index (χ1) is 6.18. The van der Waals surface area contributed by atoms with E-state index in [0.717, 1.165) is 11.0 Å². The summed E-state index contributed by atoms with van der Waals surface area (Å²) in [5.41, 5.74) is 1.88. The van der Waals surface area contributed by atoms with Gasteiger partial charge in [0.25, 0.3) is 0 Å². The van der Waals surface area contributed by atoms with Crippen molar-refractivity contribution in [3.8, 4) is 0 Å². The zero-order valence-corrected chi connectivity index (χ0v) is 8.28. The number of aromatic nitrogens is 3. The molecule has 0 saturated carbocycles. The van der Waals surface area contributed by atoms with Crippen LogP contribution in [0.25, 0.3) is 11.0 Å². The van der Waals surface area contributed by atoms with Crippen molar-refractivity contribution >= 4 is 22.6 Å². The van der Waals surface area contributed by atoms with Gasteiger partial charge in [0.1, 0.15) is 10.7 Å². The van der Waals surface area contributed by atoms with E-state index in [1.54, 1.807) is 12.3 Å². The minimum Gasteiger partial charge on any atom is -0.261 e. The Morgan fingerprint density at radius 2 is 2.15 bits per heavy atom. The molecule has 4 heteroatoms. The second-order valence-electron chi connectivity index (χ2n) is 3.22. The van der Waals surface area contributed by atoms with Gasteiger partial charge in [0.2, 0.25) is 0 Å². The second-order valence-corrected chi connectivity index (χ2v) is 3.61. The summed E-state index contributed by atoms with van der Waals surface area (Å²) in [5.74, 6) is 0. The summed E-state index contributed by atoms with van der Waals surface area (Å²) >= 11 is 5.76. The lowest BCUT2D eigenvalue weighted by molar-refractivity contribution is 0.551. The molecule has 0 aromatic carbocycles. The highest BCUT2D eigenvalue weighted by atomic mass is 35.5. The summed E-state index contributed by atoms with van der Waals surface area (Å²) in [5, 5.41) is 4.74. The maximum atomic E-state index is 5.76. The number of pyridine rings is 1. The Morgan fingerprint density at radius 1 is 1.38 bits per heavy atom. The van der Waals surface area contributed by atoms with E-state index in [4.69, 9.17) is 11.6 Å². The number of halogens is 1. The molecular weight excluding hydrogens is 186 g/mol. The van der Waals surface area contributed by atoms with E-state index in [2.05, 4.69) is 23.9 Å². The number of hydrogen-bond donors (Lipinski definition) is 0. The van der Waals surface area contributed by atoms with Crippen LogP contribution in [-0.4, -0.2) is 14.8 Å². The van der Waals surface area contributed by atoms with Crippen molar-refractivity contribution in [3.63, 3.8) is 0 Å². The van der Waals surface area contributed by atoms with Crippen molar-refractivity contribution in [3.05, 3.63) is 23.5 Å². The molecule has 0 aliphatic carbocycles. The molecule has 2 aromatic rings. The number of hydrogen-bond acceptors (Lipinski definition) is 2. The van der Waals surface area contributed by atoms with Crippen LogP contribution < -0.4 is 0 Å². The zero-order valence-electron chi connectivity index (χ0n) is 7.53. The minimum atomic E-state index is 0.348. The smallest absolute Gasteiger partial charge is 0.129 e. The van der Waals surface area contributed by atoms with Gasteiger partial charge in [-0.15, -0.1) is 0 Å². The van der Waals surface area contributed by atoms with Crippen LogP contribution >= 0.6 is 11.6 Å². The molecule has 0 fully saturated rings. The van der Waals surface area contributed by atoms with Crippen LogP contribution in [-0.2, 0) is 0 Å². The van der Waals surface area contributed by atoms with E-state index in [-0.39, 0.29) is 0 Å². The van der Waals surface area contributed by atoms with Crippen LogP contribution in [0, 0.1) is 0 Å². The average molecular weight is 196 g/mol. The topological polar surface area (TPSA) is 30.7 Å². The SMILES string of the molecule is CC(C)n1ncc2nc(Cl)ccc21. The van der Waals surface area contributed by atoms with E-state index >= 15 is 0 Å². The monoisotopic (exact) mass is 195 g/mol. The number of rotatable bonds is 1. The van der Waals surface area contributed by atoms with E-state index in [1.165, 1.54) is 0 Å². The summed E-state index contributed by atoms with van der Waals surface area (Å²) in [7, 11) is 0. The van der Waals surface area contributed by atoms with Crippen molar-refractivity contribution in [1.29, 1.82) is 0 Å². The lowest BCUT2D eigenvalue weighted by Gasteiger charge is -2.05. The van der Waals surface area contributed by atoms with Gasteiger partial charge in [0.05, 0.1) is 11.7 Å². The van der Waals surface area contributed by atoms with Crippen molar-refractivity contribution < 1.29 is 0 Å². The zero-order chi connectivity index (χ0) is 9.42. The molecule has 0 N–H and O–H groups in total. The molecule has 0 amide bonds. The van der Waals surface area contributed by atoms with Gasteiger partial charge in [0.15, 0.2) is 0 Å². The van der Waals surface area contributed by atoms with Crippen LogP contribution in [0.1, 0.15) is 19.9 Å². The normalized spacial score (nSPS) is 11.4. The molecule has 2 rings (SSSR count). The fourth-order valence-corrected chi connectivity index (χ4v) is 1.48. The van der Waals surface area contributed by atoms with Gasteiger partial charge < -0.3 is 0 Å². The highest BCUT2D eigenvalue weighted by Gasteiger charge is 2.06. The van der Waals surface area contributed by atoms with Crippen molar-refractivity contribution in [1.82, 2.24) is 14.8 Å². The van der Waals surface area contributed by atoms with Crippen LogP contribution in [0.2, 0.25) is 5.15 Å². The standard InChI is InChI=1S/C9H10ClN3/c1-6(2)13-8-3-4-9(10)12-7(8)5-11-13/h3-6H,1-2H3. The van der Waals surface area contributed by atoms with Crippen molar-refractivity contribution in [2.45, 2.75) is 19.9 Å². The van der Waals surface area contributed by atoms with Crippen molar-refractivity contribution in [2.75, 3.05) is 0 Å². The van der Waals surface area contributed by atoms with Crippen LogP contribution in [0.4, 0.5) is 0 Å². The third-order valence-electron chi connectivity index (χ3n) is 1.91. The minimum absolute atomic E-state index is 0.348. The summed E-state index contributed by atoms with van der Waals surface area (Å²) < 4.78 is 1.93. The lowest BCUT2D eigenvalue weighted by Crippen LogP contribution is -2.01. The molecule has 2 aromatic heterocycles. The molecule has 0 bridgehead atoms. The largest absolute Gasteiger partial charge is 0.261 e. The van der Waals surface area contributed by atoms with Gasteiger partial charge in [0, 0.05) is 6.04 Å². The van der Waals surface area contributed by atoms with Gasteiger partial charge in [-0.2, -0.15) is 5.10 Å². The molecule has 0 spiro atoms. The molecule has 0 atom stereocenters. The molecule has 2 heterocycles. The fourth-order valence-electron chi connectivity index (χ4n) is 1.32. The van der Waals surface area contributed by atoms with Crippen molar-refractivity contribution in [2.24, 2.45) is 0 Å². The first-order valence-corrected chi connectivity index (χ1v) is 4.56. The van der Waals surface area contributed by atoms with Crippen LogP contribution in [0.3, 0.4) is 0 Å². The van der Waals surface area contributed by atoms with Gasteiger partial charge in [-0.3, -0.25) is 4.68 Å². The van der Waals surface area contributed by atoms with Gasteiger partial charge in [-0.25, -0.2) is 4.98 Å². The molecule has 0 aliphatic heterocycles. The maximum Gasteiger partial charge on any atom is 0.129 e. The lowest BCUT2D eigenvalue weighted by atomic mass is 10.3. The highest BCUT2D eigenvalue weighted by molar-refractivity contribution is 6.29. The Morgan fingerprint density at radius 3 is 2.85 bits per heavy atom. The third kappa shape index (κ3) is 1.40. The average Bonchev–Trinajstić information content (AvgIpc) is 2.46.